The van der Waals surface area contributed by atoms with E-state index in [1.165, 1.54) is 5.56 Å². The largest absolute Gasteiger partial charge is 0.385 e. The van der Waals surface area contributed by atoms with Crippen molar-refractivity contribution < 1.29 is 9.90 Å². The standard InChI is InChI=1S/C19H25N3O2/c1-19(24,17-6-4-3-5-7-17)12-18(23)22-10-8-15(9-11-22)16-13-20-21(2)14-16/h3-7,13-15,24H,8-12H2,1-2H3. The number of hydrogen-bond acceptors (Lipinski definition) is 3. The Morgan fingerprint density at radius 2 is 1.96 bits per heavy atom. The van der Waals surface area contributed by atoms with Gasteiger partial charge in [-0.15, -0.1) is 0 Å². The Kier molecular flexibility index (Phi) is 4.71. The number of hydrogen-bond donors (Lipinski definition) is 1. The Bertz CT molecular complexity index is 686. The molecule has 1 atom stereocenters. The summed E-state index contributed by atoms with van der Waals surface area (Å²) in [4.78, 5) is 14.5. The molecule has 1 N–H and O–H groups in total. The fraction of sp³-hybridized carbons (Fsp3) is 0.474. The van der Waals surface area contributed by atoms with Crippen LogP contribution in [-0.4, -0.2) is 38.8 Å². The Hall–Kier alpha value is -2.14. The maximum absolute atomic E-state index is 12.6. The minimum atomic E-state index is -1.13. The summed E-state index contributed by atoms with van der Waals surface area (Å²) in [5.74, 6) is 0.492. The van der Waals surface area contributed by atoms with Crippen molar-refractivity contribution in [3.63, 3.8) is 0 Å². The highest BCUT2D eigenvalue weighted by Crippen LogP contribution is 2.30. The Labute approximate surface area is 142 Å². The van der Waals surface area contributed by atoms with Crippen LogP contribution in [0.4, 0.5) is 0 Å². The molecular weight excluding hydrogens is 302 g/mol. The zero-order valence-corrected chi connectivity index (χ0v) is 14.4. The summed E-state index contributed by atoms with van der Waals surface area (Å²) in [6, 6.07) is 9.40. The van der Waals surface area contributed by atoms with Gasteiger partial charge in [-0.2, -0.15) is 5.10 Å². The first kappa shape index (κ1) is 16.7. The van der Waals surface area contributed by atoms with E-state index in [-0.39, 0.29) is 12.3 Å². The molecule has 5 nitrogen and oxygen atoms in total. The van der Waals surface area contributed by atoms with Gasteiger partial charge in [0.25, 0.3) is 0 Å². The van der Waals surface area contributed by atoms with E-state index in [9.17, 15) is 9.90 Å². The van der Waals surface area contributed by atoms with E-state index in [0.717, 1.165) is 31.5 Å². The van der Waals surface area contributed by atoms with Gasteiger partial charge >= 0.3 is 0 Å². The summed E-state index contributed by atoms with van der Waals surface area (Å²) >= 11 is 0. The van der Waals surface area contributed by atoms with Crippen molar-refractivity contribution in [3.8, 4) is 0 Å². The zero-order chi connectivity index (χ0) is 17.2. The molecule has 0 bridgehead atoms. The zero-order valence-electron chi connectivity index (χ0n) is 14.4. The Morgan fingerprint density at radius 1 is 1.29 bits per heavy atom. The van der Waals surface area contributed by atoms with Crippen LogP contribution in [-0.2, 0) is 17.4 Å². The molecule has 1 fully saturated rings. The molecule has 2 heterocycles. The lowest BCUT2D eigenvalue weighted by Crippen LogP contribution is -2.41. The average molecular weight is 327 g/mol. The van der Waals surface area contributed by atoms with Crippen molar-refractivity contribution in [2.24, 2.45) is 7.05 Å². The molecule has 1 aromatic heterocycles. The van der Waals surface area contributed by atoms with Gasteiger partial charge in [0.05, 0.1) is 18.2 Å². The van der Waals surface area contributed by atoms with Crippen LogP contribution in [0.2, 0.25) is 0 Å². The number of piperidine rings is 1. The van der Waals surface area contributed by atoms with Crippen molar-refractivity contribution in [1.82, 2.24) is 14.7 Å². The van der Waals surface area contributed by atoms with E-state index in [1.54, 1.807) is 6.92 Å². The molecule has 1 saturated heterocycles. The number of aromatic nitrogens is 2. The summed E-state index contributed by atoms with van der Waals surface area (Å²) < 4.78 is 1.82. The highest BCUT2D eigenvalue weighted by atomic mass is 16.3. The summed E-state index contributed by atoms with van der Waals surface area (Å²) in [5, 5.41) is 14.9. The Balaban J connectivity index is 1.57. The maximum atomic E-state index is 12.6. The molecule has 3 rings (SSSR count). The van der Waals surface area contributed by atoms with E-state index in [2.05, 4.69) is 11.3 Å². The molecule has 1 aromatic carbocycles. The van der Waals surface area contributed by atoms with Crippen LogP contribution >= 0.6 is 0 Å². The van der Waals surface area contributed by atoms with Crippen molar-refractivity contribution in [2.45, 2.75) is 37.7 Å². The van der Waals surface area contributed by atoms with Crippen LogP contribution in [0, 0.1) is 0 Å². The van der Waals surface area contributed by atoms with Crippen LogP contribution < -0.4 is 0 Å². The van der Waals surface area contributed by atoms with Gasteiger partial charge in [-0.25, -0.2) is 0 Å². The summed E-state index contributed by atoms with van der Waals surface area (Å²) in [6.07, 6.45) is 6.00. The third-order valence-corrected chi connectivity index (χ3v) is 4.94. The molecule has 0 radical (unpaired) electrons. The highest BCUT2D eigenvalue weighted by Gasteiger charge is 2.31. The predicted octanol–water partition coefficient (Wildman–Crippen LogP) is 2.42. The van der Waals surface area contributed by atoms with Gasteiger partial charge in [-0.1, -0.05) is 30.3 Å². The second-order valence-electron chi connectivity index (χ2n) is 6.92. The number of benzene rings is 1. The second-order valence-corrected chi connectivity index (χ2v) is 6.92. The normalized spacial score (nSPS) is 18.4. The fourth-order valence-electron chi connectivity index (χ4n) is 3.42. The lowest BCUT2D eigenvalue weighted by Gasteiger charge is -2.34. The van der Waals surface area contributed by atoms with Crippen LogP contribution in [0.5, 0.6) is 0 Å². The lowest BCUT2D eigenvalue weighted by atomic mass is 9.89. The number of carbonyl (C=O) groups is 1. The SMILES string of the molecule is Cn1cc(C2CCN(C(=O)CC(C)(O)c3ccccc3)CC2)cn1. The number of rotatable bonds is 4. The molecule has 1 unspecified atom stereocenters. The van der Waals surface area contributed by atoms with Crippen LogP contribution in [0.1, 0.15) is 43.2 Å². The molecule has 0 aliphatic carbocycles. The van der Waals surface area contributed by atoms with Gasteiger partial charge in [0, 0.05) is 26.3 Å². The maximum Gasteiger partial charge on any atom is 0.225 e. The number of carbonyl (C=O) groups excluding carboxylic acids is 1. The first-order chi connectivity index (χ1) is 11.5. The van der Waals surface area contributed by atoms with Crippen LogP contribution in [0.25, 0.3) is 0 Å². The minimum Gasteiger partial charge on any atom is -0.385 e. The molecule has 1 aliphatic heterocycles. The van der Waals surface area contributed by atoms with E-state index in [1.807, 2.05) is 53.2 Å². The number of amides is 1. The molecule has 5 heteroatoms. The van der Waals surface area contributed by atoms with E-state index in [4.69, 9.17) is 0 Å². The predicted molar refractivity (Wildman–Crippen MR) is 92.4 cm³/mol. The van der Waals surface area contributed by atoms with E-state index in [0.29, 0.717) is 5.92 Å². The average Bonchev–Trinajstić information content (AvgIpc) is 3.02. The quantitative estimate of drug-likeness (QED) is 0.938. The number of nitrogens with zero attached hydrogens (tertiary/aromatic N) is 3. The number of aryl methyl sites for hydroxylation is 1. The summed E-state index contributed by atoms with van der Waals surface area (Å²) in [6.45, 7) is 3.19. The minimum absolute atomic E-state index is 0.0217. The van der Waals surface area contributed by atoms with E-state index < -0.39 is 5.60 Å². The Morgan fingerprint density at radius 3 is 2.54 bits per heavy atom. The van der Waals surface area contributed by atoms with Crippen molar-refractivity contribution in [3.05, 3.63) is 53.9 Å². The van der Waals surface area contributed by atoms with Crippen molar-refractivity contribution in [2.75, 3.05) is 13.1 Å². The lowest BCUT2D eigenvalue weighted by molar-refractivity contribution is -0.137. The number of aliphatic hydroxyl groups is 1. The smallest absolute Gasteiger partial charge is 0.225 e. The molecule has 128 valence electrons. The molecule has 2 aromatic rings. The summed E-state index contributed by atoms with van der Waals surface area (Å²) in [5.41, 5.74) is 0.905. The van der Waals surface area contributed by atoms with Gasteiger partial charge in [0.15, 0.2) is 0 Å². The number of likely N-dealkylation sites (tertiary alicyclic amines) is 1. The molecule has 1 amide bonds. The van der Waals surface area contributed by atoms with Crippen molar-refractivity contribution in [1.29, 1.82) is 0 Å². The molecule has 24 heavy (non-hydrogen) atoms. The van der Waals surface area contributed by atoms with Gasteiger partial charge in [0.2, 0.25) is 5.91 Å². The van der Waals surface area contributed by atoms with Crippen LogP contribution in [0.15, 0.2) is 42.7 Å². The van der Waals surface area contributed by atoms with Gasteiger partial charge in [0.1, 0.15) is 0 Å². The molecular formula is C19H25N3O2. The monoisotopic (exact) mass is 327 g/mol. The summed E-state index contributed by atoms with van der Waals surface area (Å²) in [7, 11) is 1.92. The fourth-order valence-corrected chi connectivity index (χ4v) is 3.42. The third-order valence-electron chi connectivity index (χ3n) is 4.94. The second kappa shape index (κ2) is 6.77. The topological polar surface area (TPSA) is 58.4 Å². The van der Waals surface area contributed by atoms with Gasteiger partial charge in [-0.3, -0.25) is 9.48 Å². The van der Waals surface area contributed by atoms with Gasteiger partial charge < -0.3 is 10.0 Å². The van der Waals surface area contributed by atoms with Crippen molar-refractivity contribution >= 4 is 5.91 Å². The highest BCUT2D eigenvalue weighted by molar-refractivity contribution is 5.77. The molecule has 1 aliphatic rings. The van der Waals surface area contributed by atoms with Gasteiger partial charge in [-0.05, 0) is 36.8 Å². The van der Waals surface area contributed by atoms with Crippen LogP contribution in [0.3, 0.4) is 0 Å². The van der Waals surface area contributed by atoms with E-state index >= 15 is 0 Å². The third kappa shape index (κ3) is 3.67. The first-order valence-electron chi connectivity index (χ1n) is 8.50. The molecule has 0 saturated carbocycles. The molecule has 0 spiro atoms. The first-order valence-corrected chi connectivity index (χ1v) is 8.50.